The topological polar surface area (TPSA) is 29.4 Å². The third-order valence-corrected chi connectivity index (χ3v) is 2.40. The predicted molar refractivity (Wildman–Crippen MR) is 51.4 cm³/mol. The Balaban J connectivity index is 2.21. The van der Waals surface area contributed by atoms with Gasteiger partial charge in [0.15, 0.2) is 0 Å². The van der Waals surface area contributed by atoms with E-state index in [2.05, 4.69) is 22.6 Å². The van der Waals surface area contributed by atoms with Gasteiger partial charge in [0.25, 0.3) is 0 Å². The van der Waals surface area contributed by atoms with Crippen LogP contribution in [0.1, 0.15) is 6.42 Å². The van der Waals surface area contributed by atoms with Crippen molar-refractivity contribution in [1.82, 2.24) is 15.5 Å². The molecule has 1 radical (unpaired) electrons. The quantitative estimate of drug-likeness (QED) is 0.633. The summed E-state index contributed by atoms with van der Waals surface area (Å²) < 4.78 is 0. The smallest absolute Gasteiger partial charge is 0.0261 e. The summed E-state index contributed by atoms with van der Waals surface area (Å²) in [5.74, 6) is 0.768. The summed E-state index contributed by atoms with van der Waals surface area (Å²) in [7, 11) is 4.20. The molecule has 0 aromatic heterocycles. The van der Waals surface area contributed by atoms with Gasteiger partial charge in [-0.25, -0.2) is 5.32 Å². The lowest BCUT2D eigenvalue weighted by atomic mass is 10.1. The lowest BCUT2D eigenvalue weighted by Crippen LogP contribution is -2.27. The van der Waals surface area contributed by atoms with Gasteiger partial charge in [-0.3, -0.25) is 0 Å². The third-order valence-electron chi connectivity index (χ3n) is 2.40. The fourth-order valence-electron chi connectivity index (χ4n) is 1.64. The lowest BCUT2D eigenvalue weighted by Gasteiger charge is -2.18. The Morgan fingerprint density at radius 3 is 3.17 bits per heavy atom. The summed E-state index contributed by atoms with van der Waals surface area (Å²) in [5, 5.41) is 7.68. The molecule has 3 nitrogen and oxygen atoms in total. The van der Waals surface area contributed by atoms with Gasteiger partial charge >= 0.3 is 0 Å². The van der Waals surface area contributed by atoms with Crippen molar-refractivity contribution in [1.29, 1.82) is 0 Å². The van der Waals surface area contributed by atoms with E-state index in [9.17, 15) is 0 Å². The molecular weight excluding hydrogens is 150 g/mol. The monoisotopic (exact) mass is 170 g/mol. The first kappa shape index (κ1) is 9.96. The second kappa shape index (κ2) is 5.51. The molecule has 0 bridgehead atoms. The summed E-state index contributed by atoms with van der Waals surface area (Å²) in [5.41, 5.74) is 0. The standard InChI is InChI=1S/C9H20N3/c1-10-4-3-9-7-11-5-6-12(2)8-9/h9-10H,3-8H2,1-2H3. The van der Waals surface area contributed by atoms with Crippen LogP contribution < -0.4 is 10.6 Å². The maximum atomic E-state index is 4.49. The molecule has 1 heterocycles. The van der Waals surface area contributed by atoms with Crippen LogP contribution in [0.25, 0.3) is 0 Å². The largest absolute Gasteiger partial charge is 0.320 e. The Labute approximate surface area is 75.5 Å². The van der Waals surface area contributed by atoms with Gasteiger partial charge in [0.2, 0.25) is 0 Å². The lowest BCUT2D eigenvalue weighted by molar-refractivity contribution is 0.300. The van der Waals surface area contributed by atoms with E-state index in [0.29, 0.717) is 0 Å². The zero-order valence-electron chi connectivity index (χ0n) is 8.21. The summed E-state index contributed by atoms with van der Waals surface area (Å²) >= 11 is 0. The molecule has 12 heavy (non-hydrogen) atoms. The molecule has 1 atom stereocenters. The molecule has 0 aromatic carbocycles. The van der Waals surface area contributed by atoms with E-state index in [-0.39, 0.29) is 0 Å². The first-order valence-corrected chi connectivity index (χ1v) is 4.79. The number of rotatable bonds is 3. The first-order valence-electron chi connectivity index (χ1n) is 4.79. The van der Waals surface area contributed by atoms with Crippen molar-refractivity contribution in [2.45, 2.75) is 6.42 Å². The highest BCUT2D eigenvalue weighted by Gasteiger charge is 2.14. The first-order chi connectivity index (χ1) is 5.83. The van der Waals surface area contributed by atoms with Gasteiger partial charge in [0.1, 0.15) is 0 Å². The zero-order valence-corrected chi connectivity index (χ0v) is 8.21. The van der Waals surface area contributed by atoms with Crippen LogP contribution in [-0.4, -0.2) is 51.7 Å². The molecule has 0 spiro atoms. The van der Waals surface area contributed by atoms with Crippen LogP contribution in [0.3, 0.4) is 0 Å². The Hall–Kier alpha value is -0.120. The maximum absolute atomic E-state index is 4.49. The van der Waals surface area contributed by atoms with Gasteiger partial charge in [0, 0.05) is 26.2 Å². The summed E-state index contributed by atoms with van der Waals surface area (Å²) in [6.45, 7) is 5.55. The molecule has 1 aliphatic rings. The van der Waals surface area contributed by atoms with Crippen molar-refractivity contribution >= 4 is 0 Å². The number of nitrogens with one attached hydrogen (secondary N) is 1. The van der Waals surface area contributed by atoms with Gasteiger partial charge < -0.3 is 10.2 Å². The van der Waals surface area contributed by atoms with Crippen molar-refractivity contribution in [3.05, 3.63) is 0 Å². The molecule has 0 amide bonds. The molecule has 1 aliphatic heterocycles. The minimum Gasteiger partial charge on any atom is -0.320 e. The van der Waals surface area contributed by atoms with Crippen LogP contribution in [0.5, 0.6) is 0 Å². The zero-order chi connectivity index (χ0) is 8.81. The van der Waals surface area contributed by atoms with E-state index < -0.39 is 0 Å². The summed E-state index contributed by atoms with van der Waals surface area (Å²) in [6.07, 6.45) is 1.25. The van der Waals surface area contributed by atoms with Crippen molar-refractivity contribution < 1.29 is 0 Å². The summed E-state index contributed by atoms with van der Waals surface area (Å²) in [6, 6.07) is 0. The van der Waals surface area contributed by atoms with Crippen molar-refractivity contribution in [2.75, 3.05) is 46.8 Å². The molecule has 1 rings (SSSR count). The van der Waals surface area contributed by atoms with Crippen molar-refractivity contribution in [3.63, 3.8) is 0 Å². The number of nitrogens with zero attached hydrogens (tertiary/aromatic N) is 2. The second-order valence-electron chi connectivity index (χ2n) is 3.65. The Morgan fingerprint density at radius 2 is 2.42 bits per heavy atom. The average molecular weight is 170 g/mol. The molecule has 1 saturated heterocycles. The molecule has 0 saturated carbocycles. The van der Waals surface area contributed by atoms with Gasteiger partial charge in [-0.2, -0.15) is 0 Å². The highest BCUT2D eigenvalue weighted by atomic mass is 15.1. The van der Waals surface area contributed by atoms with Crippen LogP contribution in [0.4, 0.5) is 0 Å². The molecule has 1 N–H and O–H groups in total. The highest BCUT2D eigenvalue weighted by Crippen LogP contribution is 2.06. The van der Waals surface area contributed by atoms with Crippen LogP contribution in [0, 0.1) is 5.92 Å². The number of hydrogen-bond donors (Lipinski definition) is 1. The van der Waals surface area contributed by atoms with E-state index in [1.165, 1.54) is 13.0 Å². The molecule has 0 aliphatic carbocycles. The minimum absolute atomic E-state index is 0.768. The third kappa shape index (κ3) is 3.52. The highest BCUT2D eigenvalue weighted by molar-refractivity contribution is 4.71. The van der Waals surface area contributed by atoms with Crippen LogP contribution >= 0.6 is 0 Å². The normalized spacial score (nSPS) is 27.0. The van der Waals surface area contributed by atoms with Crippen LogP contribution in [0.2, 0.25) is 0 Å². The number of hydrogen-bond acceptors (Lipinski definition) is 2. The average Bonchev–Trinajstić information content (AvgIpc) is 2.26. The van der Waals surface area contributed by atoms with E-state index >= 15 is 0 Å². The molecule has 71 valence electrons. The van der Waals surface area contributed by atoms with Crippen LogP contribution in [-0.2, 0) is 0 Å². The fourth-order valence-corrected chi connectivity index (χ4v) is 1.64. The molecule has 3 heteroatoms. The van der Waals surface area contributed by atoms with E-state index in [4.69, 9.17) is 0 Å². The maximum Gasteiger partial charge on any atom is 0.0261 e. The van der Waals surface area contributed by atoms with E-state index in [1.54, 1.807) is 0 Å². The Bertz CT molecular complexity index is 116. The molecule has 1 unspecified atom stereocenters. The Morgan fingerprint density at radius 1 is 1.58 bits per heavy atom. The minimum atomic E-state index is 0.768. The predicted octanol–water partition coefficient (Wildman–Crippen LogP) is -0.238. The fraction of sp³-hybridized carbons (Fsp3) is 1.00. The molecule has 0 aromatic rings. The second-order valence-corrected chi connectivity index (χ2v) is 3.65. The molecular formula is C9H20N3. The SMILES string of the molecule is CNCCC1C[N]CCN(C)C1. The van der Waals surface area contributed by atoms with Crippen LogP contribution in [0.15, 0.2) is 0 Å². The van der Waals surface area contributed by atoms with Gasteiger partial charge in [-0.15, -0.1) is 0 Å². The summed E-state index contributed by atoms with van der Waals surface area (Å²) in [4.78, 5) is 2.39. The van der Waals surface area contributed by atoms with Gasteiger partial charge in [0.05, 0.1) is 0 Å². The number of likely N-dealkylation sites (N-methyl/N-ethyl adjacent to an activating group) is 1. The Kier molecular flexibility index (Phi) is 4.58. The molecule has 1 fully saturated rings. The van der Waals surface area contributed by atoms with Crippen molar-refractivity contribution in [2.24, 2.45) is 5.92 Å². The van der Waals surface area contributed by atoms with Gasteiger partial charge in [-0.05, 0) is 33.0 Å². The van der Waals surface area contributed by atoms with Gasteiger partial charge in [-0.1, -0.05) is 0 Å². The van der Waals surface area contributed by atoms with E-state index in [0.717, 1.165) is 32.1 Å². The van der Waals surface area contributed by atoms with E-state index in [1.807, 2.05) is 7.05 Å². The van der Waals surface area contributed by atoms with Crippen molar-refractivity contribution in [3.8, 4) is 0 Å².